The molecule has 0 radical (unpaired) electrons. The summed E-state index contributed by atoms with van der Waals surface area (Å²) in [4.78, 5) is 24.3. The standard InChI is InChI=1S/C14H16NO5PS/c1-3-18-21(22,19-4-2)20-12-7-5-11(6-8-12)15-13(16)9-10-14(15)17/h5-10H,3-4H2,1-2H3. The Morgan fingerprint density at radius 2 is 1.50 bits per heavy atom. The van der Waals surface area contributed by atoms with Crippen molar-refractivity contribution in [1.29, 1.82) is 0 Å². The van der Waals surface area contributed by atoms with Crippen LogP contribution in [0.3, 0.4) is 0 Å². The highest BCUT2D eigenvalue weighted by molar-refractivity contribution is 8.07. The monoisotopic (exact) mass is 341 g/mol. The zero-order valence-corrected chi connectivity index (χ0v) is 13.9. The SMILES string of the molecule is CCOP(=S)(OCC)Oc1ccc(N2C(=O)C=CC2=O)cc1. The van der Waals surface area contributed by atoms with Crippen molar-refractivity contribution in [3.63, 3.8) is 0 Å². The number of amides is 2. The van der Waals surface area contributed by atoms with E-state index in [-0.39, 0.29) is 11.8 Å². The largest absolute Gasteiger partial charge is 0.424 e. The lowest BCUT2D eigenvalue weighted by molar-refractivity contribution is -0.119. The number of anilines is 1. The Bertz CT molecular complexity index is 615. The van der Waals surface area contributed by atoms with Crippen molar-refractivity contribution in [3.8, 4) is 5.75 Å². The third-order valence-corrected chi connectivity index (χ3v) is 5.14. The molecule has 2 amide bonds. The van der Waals surface area contributed by atoms with Crippen molar-refractivity contribution in [1.82, 2.24) is 0 Å². The van der Waals surface area contributed by atoms with E-state index in [9.17, 15) is 9.59 Å². The minimum atomic E-state index is -2.83. The molecule has 0 aromatic heterocycles. The third-order valence-electron chi connectivity index (χ3n) is 2.70. The first kappa shape index (κ1) is 16.8. The van der Waals surface area contributed by atoms with Gasteiger partial charge in [0.1, 0.15) is 5.75 Å². The lowest BCUT2D eigenvalue weighted by Gasteiger charge is -2.21. The molecule has 1 aromatic rings. The number of carbonyl (C=O) groups is 2. The molecule has 0 unspecified atom stereocenters. The maximum Gasteiger partial charge on any atom is 0.380 e. The fourth-order valence-corrected chi connectivity index (χ4v) is 3.93. The van der Waals surface area contributed by atoms with Crippen LogP contribution in [-0.2, 0) is 30.4 Å². The van der Waals surface area contributed by atoms with Gasteiger partial charge in [0.2, 0.25) is 0 Å². The first-order valence-electron chi connectivity index (χ1n) is 6.74. The smallest absolute Gasteiger partial charge is 0.380 e. The van der Waals surface area contributed by atoms with Gasteiger partial charge in [-0.1, -0.05) is 0 Å². The fraction of sp³-hybridized carbons (Fsp3) is 0.286. The summed E-state index contributed by atoms with van der Waals surface area (Å²) in [5, 5.41) is 0. The molecule has 1 heterocycles. The highest BCUT2D eigenvalue weighted by atomic mass is 32.5. The average Bonchev–Trinajstić information content (AvgIpc) is 2.80. The second kappa shape index (κ2) is 7.15. The van der Waals surface area contributed by atoms with E-state index in [2.05, 4.69) is 0 Å². The van der Waals surface area contributed by atoms with Crippen LogP contribution in [0.2, 0.25) is 0 Å². The molecule has 1 aliphatic rings. The van der Waals surface area contributed by atoms with E-state index >= 15 is 0 Å². The summed E-state index contributed by atoms with van der Waals surface area (Å²) in [6, 6.07) is 6.45. The van der Waals surface area contributed by atoms with Crippen LogP contribution in [0.15, 0.2) is 36.4 Å². The number of hydrogen-bond acceptors (Lipinski definition) is 6. The number of nitrogens with zero attached hydrogens (tertiary/aromatic N) is 1. The predicted octanol–water partition coefficient (Wildman–Crippen LogP) is 2.79. The van der Waals surface area contributed by atoms with Gasteiger partial charge in [0, 0.05) is 24.0 Å². The Morgan fingerprint density at radius 1 is 1.00 bits per heavy atom. The van der Waals surface area contributed by atoms with Gasteiger partial charge in [0.25, 0.3) is 11.8 Å². The van der Waals surface area contributed by atoms with Gasteiger partial charge in [-0.25, -0.2) is 4.90 Å². The molecule has 0 bridgehead atoms. The van der Waals surface area contributed by atoms with Crippen LogP contribution in [0, 0.1) is 0 Å². The predicted molar refractivity (Wildman–Crippen MR) is 86.2 cm³/mol. The summed E-state index contributed by atoms with van der Waals surface area (Å²) in [6.07, 6.45) is 2.47. The topological polar surface area (TPSA) is 65.1 Å². The molecule has 0 saturated heterocycles. The van der Waals surface area contributed by atoms with Crippen molar-refractivity contribution in [2.24, 2.45) is 0 Å². The van der Waals surface area contributed by atoms with E-state index < -0.39 is 6.72 Å². The third kappa shape index (κ3) is 3.81. The first-order valence-corrected chi connectivity index (χ1v) is 9.29. The Balaban J connectivity index is 2.13. The molecule has 0 spiro atoms. The van der Waals surface area contributed by atoms with E-state index in [0.29, 0.717) is 24.7 Å². The summed E-state index contributed by atoms with van der Waals surface area (Å²) >= 11 is 5.28. The summed E-state index contributed by atoms with van der Waals surface area (Å²) in [7, 11) is 0. The highest BCUT2D eigenvalue weighted by Gasteiger charge is 2.25. The van der Waals surface area contributed by atoms with Crippen LogP contribution in [0.4, 0.5) is 5.69 Å². The summed E-state index contributed by atoms with van der Waals surface area (Å²) in [5.74, 6) is -0.277. The minimum Gasteiger partial charge on any atom is -0.424 e. The molecule has 22 heavy (non-hydrogen) atoms. The zero-order valence-electron chi connectivity index (χ0n) is 12.2. The van der Waals surface area contributed by atoms with Crippen LogP contribution >= 0.6 is 6.72 Å². The number of carbonyl (C=O) groups excluding carboxylic acids is 2. The van der Waals surface area contributed by atoms with Gasteiger partial charge in [0.15, 0.2) is 0 Å². The molecular formula is C14H16NO5PS. The summed E-state index contributed by atoms with van der Waals surface area (Å²) in [6.45, 7) is 1.56. The van der Waals surface area contributed by atoms with Crippen molar-refractivity contribution in [2.75, 3.05) is 18.1 Å². The average molecular weight is 341 g/mol. The zero-order chi connectivity index (χ0) is 16.2. The van der Waals surface area contributed by atoms with Crippen LogP contribution in [0.1, 0.15) is 13.8 Å². The Hall–Kier alpha value is -1.53. The molecule has 6 nitrogen and oxygen atoms in total. The van der Waals surface area contributed by atoms with Crippen molar-refractivity contribution >= 4 is 36.0 Å². The molecule has 0 N–H and O–H groups in total. The van der Waals surface area contributed by atoms with Gasteiger partial charge in [-0.05, 0) is 38.1 Å². The van der Waals surface area contributed by atoms with E-state index in [1.807, 2.05) is 13.8 Å². The lowest BCUT2D eigenvalue weighted by atomic mass is 10.3. The van der Waals surface area contributed by atoms with Gasteiger partial charge in [0.05, 0.1) is 18.9 Å². The molecule has 0 fully saturated rings. The van der Waals surface area contributed by atoms with E-state index in [0.717, 1.165) is 4.90 Å². The van der Waals surface area contributed by atoms with Crippen LogP contribution in [-0.4, -0.2) is 25.0 Å². The second-order valence-electron chi connectivity index (χ2n) is 4.21. The van der Waals surface area contributed by atoms with Gasteiger partial charge in [-0.3, -0.25) is 18.6 Å². The minimum absolute atomic E-state index is 0.368. The van der Waals surface area contributed by atoms with E-state index in [1.165, 1.54) is 12.2 Å². The van der Waals surface area contributed by atoms with Crippen molar-refractivity contribution in [3.05, 3.63) is 36.4 Å². The second-order valence-corrected chi connectivity index (χ2v) is 7.15. The normalized spacial score (nSPS) is 14.7. The number of benzene rings is 1. The summed E-state index contributed by atoms with van der Waals surface area (Å²) < 4.78 is 16.4. The maximum atomic E-state index is 11.6. The lowest BCUT2D eigenvalue weighted by Crippen LogP contribution is -2.29. The van der Waals surface area contributed by atoms with E-state index in [4.69, 9.17) is 25.4 Å². The molecule has 0 aliphatic carbocycles. The molecular weight excluding hydrogens is 325 g/mol. The molecule has 0 atom stereocenters. The molecule has 118 valence electrons. The molecule has 0 saturated carbocycles. The Kier molecular flexibility index (Phi) is 5.47. The van der Waals surface area contributed by atoms with Crippen LogP contribution < -0.4 is 9.42 Å². The van der Waals surface area contributed by atoms with Crippen molar-refractivity contribution in [2.45, 2.75) is 13.8 Å². The quantitative estimate of drug-likeness (QED) is 0.561. The van der Waals surface area contributed by atoms with Gasteiger partial charge >= 0.3 is 6.72 Å². The molecule has 2 rings (SSSR count). The summed E-state index contributed by atoms with van der Waals surface area (Å²) in [5.41, 5.74) is 0.466. The molecule has 8 heteroatoms. The first-order chi connectivity index (χ1) is 10.5. The molecule has 1 aromatic carbocycles. The molecule has 1 aliphatic heterocycles. The van der Waals surface area contributed by atoms with Gasteiger partial charge in [-0.15, -0.1) is 0 Å². The highest BCUT2D eigenvalue weighted by Crippen LogP contribution is 2.49. The van der Waals surface area contributed by atoms with Crippen LogP contribution in [0.25, 0.3) is 0 Å². The fourth-order valence-electron chi connectivity index (χ4n) is 1.85. The Labute approximate surface area is 133 Å². The van der Waals surface area contributed by atoms with Gasteiger partial charge in [-0.2, -0.15) is 0 Å². The van der Waals surface area contributed by atoms with E-state index in [1.54, 1.807) is 24.3 Å². The van der Waals surface area contributed by atoms with Gasteiger partial charge < -0.3 is 4.52 Å². The van der Waals surface area contributed by atoms with Crippen molar-refractivity contribution < 1.29 is 23.2 Å². The maximum absolute atomic E-state index is 11.6. The number of rotatable bonds is 7. The Morgan fingerprint density at radius 3 is 1.95 bits per heavy atom. The number of hydrogen-bond donors (Lipinski definition) is 0. The van der Waals surface area contributed by atoms with Crippen LogP contribution in [0.5, 0.6) is 5.75 Å². The number of imide groups is 1.